The predicted molar refractivity (Wildman–Crippen MR) is 60.3 cm³/mol. The van der Waals surface area contributed by atoms with Crippen LogP contribution in [-0.2, 0) is 0 Å². The van der Waals surface area contributed by atoms with Gasteiger partial charge in [-0.1, -0.05) is 11.2 Å². The Morgan fingerprint density at radius 1 is 1.56 bits per heavy atom. The number of amides is 1. The molecule has 2 rings (SSSR count). The lowest BCUT2D eigenvalue weighted by Crippen LogP contribution is -2.12. The Morgan fingerprint density at radius 2 is 2.33 bits per heavy atom. The molecule has 0 bridgehead atoms. The van der Waals surface area contributed by atoms with Gasteiger partial charge in [0.1, 0.15) is 17.4 Å². The summed E-state index contributed by atoms with van der Waals surface area (Å²) in [5, 5.41) is 14.8. The number of aryl methyl sites for hydroxylation is 1. The van der Waals surface area contributed by atoms with Gasteiger partial charge in [0.2, 0.25) is 5.76 Å². The summed E-state index contributed by atoms with van der Waals surface area (Å²) in [6.07, 6.45) is 0. The number of halogens is 1. The van der Waals surface area contributed by atoms with Crippen molar-refractivity contribution in [2.45, 2.75) is 6.92 Å². The molecular weight excluding hydrogens is 237 g/mol. The molecule has 0 unspecified atom stereocenters. The first-order chi connectivity index (χ1) is 8.61. The first kappa shape index (κ1) is 11.8. The highest BCUT2D eigenvalue weighted by Gasteiger charge is 2.15. The van der Waals surface area contributed by atoms with E-state index in [-0.39, 0.29) is 17.0 Å². The van der Waals surface area contributed by atoms with E-state index in [1.54, 1.807) is 13.0 Å². The number of carbonyl (C=O) groups is 1. The maximum Gasteiger partial charge on any atom is 0.294 e. The normalized spacial score (nSPS) is 9.83. The highest BCUT2D eigenvalue weighted by molar-refractivity contribution is 6.02. The SMILES string of the molecule is Cc1cc(C(=O)Nc2cccc(F)c2C#N)on1. The zero-order valence-electron chi connectivity index (χ0n) is 9.40. The molecule has 0 saturated carbocycles. The third kappa shape index (κ3) is 2.20. The van der Waals surface area contributed by atoms with Gasteiger partial charge in [0, 0.05) is 6.07 Å². The fraction of sp³-hybridized carbons (Fsp3) is 0.0833. The van der Waals surface area contributed by atoms with Crippen LogP contribution in [0.15, 0.2) is 28.8 Å². The second kappa shape index (κ2) is 4.67. The maximum atomic E-state index is 13.3. The van der Waals surface area contributed by atoms with Crippen molar-refractivity contribution >= 4 is 11.6 Å². The number of anilines is 1. The third-order valence-corrected chi connectivity index (χ3v) is 2.23. The molecule has 0 aliphatic heterocycles. The van der Waals surface area contributed by atoms with E-state index >= 15 is 0 Å². The smallest absolute Gasteiger partial charge is 0.294 e. The minimum Gasteiger partial charge on any atom is -0.351 e. The number of aromatic nitrogens is 1. The first-order valence-corrected chi connectivity index (χ1v) is 5.05. The molecule has 0 atom stereocenters. The quantitative estimate of drug-likeness (QED) is 0.879. The van der Waals surface area contributed by atoms with Gasteiger partial charge in [-0.3, -0.25) is 4.79 Å². The van der Waals surface area contributed by atoms with Crippen LogP contribution in [-0.4, -0.2) is 11.1 Å². The van der Waals surface area contributed by atoms with E-state index in [2.05, 4.69) is 10.5 Å². The monoisotopic (exact) mass is 245 g/mol. The average molecular weight is 245 g/mol. The van der Waals surface area contributed by atoms with E-state index in [1.807, 2.05) is 0 Å². The Balaban J connectivity index is 2.28. The van der Waals surface area contributed by atoms with E-state index in [0.29, 0.717) is 5.69 Å². The van der Waals surface area contributed by atoms with Gasteiger partial charge in [-0.05, 0) is 19.1 Å². The van der Waals surface area contributed by atoms with Crippen molar-refractivity contribution in [1.82, 2.24) is 5.16 Å². The van der Waals surface area contributed by atoms with Crippen LogP contribution in [0, 0.1) is 24.1 Å². The van der Waals surface area contributed by atoms with Crippen LogP contribution >= 0.6 is 0 Å². The first-order valence-electron chi connectivity index (χ1n) is 5.05. The molecule has 0 fully saturated rings. The van der Waals surface area contributed by atoms with Crippen LogP contribution in [0.2, 0.25) is 0 Å². The summed E-state index contributed by atoms with van der Waals surface area (Å²) in [7, 11) is 0. The average Bonchev–Trinajstić information content (AvgIpc) is 2.76. The molecule has 6 heteroatoms. The molecule has 1 heterocycles. The Labute approximate surface area is 102 Å². The number of rotatable bonds is 2. The minimum atomic E-state index is -0.691. The van der Waals surface area contributed by atoms with Crippen LogP contribution in [0.25, 0.3) is 0 Å². The maximum absolute atomic E-state index is 13.3. The number of hydrogen-bond acceptors (Lipinski definition) is 4. The van der Waals surface area contributed by atoms with E-state index < -0.39 is 11.7 Å². The number of nitriles is 1. The molecule has 2 aromatic rings. The van der Waals surface area contributed by atoms with E-state index in [9.17, 15) is 9.18 Å². The second-order valence-corrected chi connectivity index (χ2v) is 3.56. The Hall–Kier alpha value is -2.68. The summed E-state index contributed by atoms with van der Waals surface area (Å²) in [5.74, 6) is -1.28. The molecule has 1 amide bonds. The molecule has 1 aromatic heterocycles. The van der Waals surface area contributed by atoms with Gasteiger partial charge < -0.3 is 9.84 Å². The molecular formula is C12H8FN3O2. The van der Waals surface area contributed by atoms with Crippen LogP contribution < -0.4 is 5.32 Å². The molecule has 0 radical (unpaired) electrons. The fourth-order valence-corrected chi connectivity index (χ4v) is 1.40. The molecule has 1 aromatic carbocycles. The van der Waals surface area contributed by atoms with Crippen molar-refractivity contribution in [2.24, 2.45) is 0 Å². The van der Waals surface area contributed by atoms with Crippen molar-refractivity contribution in [3.8, 4) is 6.07 Å². The lowest BCUT2D eigenvalue weighted by atomic mass is 10.2. The van der Waals surface area contributed by atoms with Crippen molar-refractivity contribution < 1.29 is 13.7 Å². The van der Waals surface area contributed by atoms with Crippen LogP contribution in [0.4, 0.5) is 10.1 Å². The van der Waals surface area contributed by atoms with Crippen LogP contribution in [0.5, 0.6) is 0 Å². The zero-order chi connectivity index (χ0) is 13.1. The van der Waals surface area contributed by atoms with E-state index in [1.165, 1.54) is 18.2 Å². The summed E-state index contributed by atoms with van der Waals surface area (Å²) >= 11 is 0. The summed E-state index contributed by atoms with van der Waals surface area (Å²) in [5.41, 5.74) is 0.429. The molecule has 0 spiro atoms. The number of carbonyl (C=O) groups excluding carboxylic acids is 1. The largest absolute Gasteiger partial charge is 0.351 e. The molecule has 90 valence electrons. The van der Waals surface area contributed by atoms with Crippen LogP contribution in [0.1, 0.15) is 21.8 Å². The molecule has 0 saturated heterocycles. The lowest BCUT2D eigenvalue weighted by molar-refractivity contribution is 0.0988. The van der Waals surface area contributed by atoms with Crippen molar-refractivity contribution in [2.75, 3.05) is 5.32 Å². The summed E-state index contributed by atoms with van der Waals surface area (Å²) in [6.45, 7) is 1.67. The zero-order valence-corrected chi connectivity index (χ0v) is 9.40. The van der Waals surface area contributed by atoms with Gasteiger partial charge in [-0.25, -0.2) is 4.39 Å². The third-order valence-electron chi connectivity index (χ3n) is 2.23. The summed E-state index contributed by atoms with van der Waals surface area (Å²) in [4.78, 5) is 11.7. The van der Waals surface area contributed by atoms with Gasteiger partial charge in [0.15, 0.2) is 0 Å². The number of nitrogens with one attached hydrogen (secondary N) is 1. The Kier molecular flexibility index (Phi) is 3.06. The molecule has 0 aliphatic carbocycles. The molecule has 1 N–H and O–H groups in total. The number of hydrogen-bond donors (Lipinski definition) is 1. The van der Waals surface area contributed by atoms with E-state index in [4.69, 9.17) is 9.78 Å². The Morgan fingerprint density at radius 3 is 2.94 bits per heavy atom. The minimum absolute atomic E-state index is 0.000603. The molecule has 18 heavy (non-hydrogen) atoms. The summed E-state index contributed by atoms with van der Waals surface area (Å²) in [6, 6.07) is 7.11. The highest BCUT2D eigenvalue weighted by atomic mass is 19.1. The predicted octanol–water partition coefficient (Wildman–Crippen LogP) is 2.25. The molecule has 5 nitrogen and oxygen atoms in total. The van der Waals surface area contributed by atoms with Gasteiger partial charge >= 0.3 is 0 Å². The van der Waals surface area contributed by atoms with Gasteiger partial charge in [0.25, 0.3) is 5.91 Å². The van der Waals surface area contributed by atoms with Gasteiger partial charge in [-0.2, -0.15) is 5.26 Å². The van der Waals surface area contributed by atoms with Crippen molar-refractivity contribution in [3.05, 3.63) is 47.1 Å². The highest BCUT2D eigenvalue weighted by Crippen LogP contribution is 2.18. The van der Waals surface area contributed by atoms with Crippen molar-refractivity contribution in [1.29, 1.82) is 5.26 Å². The molecule has 0 aliphatic rings. The number of benzene rings is 1. The standard InChI is InChI=1S/C12H8FN3O2/c1-7-5-11(18-16-7)12(17)15-10-4-2-3-9(13)8(10)6-14/h2-5H,1H3,(H,15,17). The van der Waals surface area contributed by atoms with Gasteiger partial charge in [0.05, 0.1) is 11.4 Å². The topological polar surface area (TPSA) is 78.9 Å². The number of nitrogens with zero attached hydrogens (tertiary/aromatic N) is 2. The Bertz CT molecular complexity index is 643. The summed E-state index contributed by atoms with van der Waals surface area (Å²) < 4.78 is 18.1. The lowest BCUT2D eigenvalue weighted by Gasteiger charge is -2.04. The fourth-order valence-electron chi connectivity index (χ4n) is 1.40. The van der Waals surface area contributed by atoms with E-state index in [0.717, 1.165) is 6.07 Å². The second-order valence-electron chi connectivity index (χ2n) is 3.56. The van der Waals surface area contributed by atoms with Crippen LogP contribution in [0.3, 0.4) is 0 Å². The van der Waals surface area contributed by atoms with Crippen molar-refractivity contribution in [3.63, 3.8) is 0 Å². The van der Waals surface area contributed by atoms with Gasteiger partial charge in [-0.15, -0.1) is 0 Å².